The van der Waals surface area contributed by atoms with Gasteiger partial charge in [0.05, 0.1) is 5.69 Å². The summed E-state index contributed by atoms with van der Waals surface area (Å²) in [6.45, 7) is 7.67. The van der Waals surface area contributed by atoms with E-state index in [1.165, 1.54) is 0 Å². The zero-order chi connectivity index (χ0) is 10.4. The molecule has 1 aromatic heterocycles. The van der Waals surface area contributed by atoms with Gasteiger partial charge in [-0.1, -0.05) is 13.8 Å². The maximum Gasteiger partial charge on any atom is 0.126 e. The van der Waals surface area contributed by atoms with E-state index in [-0.39, 0.29) is 0 Å². The van der Waals surface area contributed by atoms with Gasteiger partial charge in [0.1, 0.15) is 5.82 Å². The Hall–Kier alpha value is -1.45. The van der Waals surface area contributed by atoms with Crippen LogP contribution in [-0.4, -0.2) is 9.78 Å². The molecule has 0 saturated heterocycles. The number of rotatable bonds is 1. The Bertz CT molecular complexity index is 282. The highest BCUT2D eigenvalue weighted by Crippen LogP contribution is 2.05. The van der Waals surface area contributed by atoms with Crippen molar-refractivity contribution in [2.45, 2.75) is 27.7 Å². The van der Waals surface area contributed by atoms with Crippen molar-refractivity contribution in [3.63, 3.8) is 0 Å². The van der Waals surface area contributed by atoms with Crippen LogP contribution in [-0.2, 0) is 0 Å². The van der Waals surface area contributed by atoms with Crippen molar-refractivity contribution in [1.82, 2.24) is 9.78 Å². The second-order valence-electron chi connectivity index (χ2n) is 2.53. The summed E-state index contributed by atoms with van der Waals surface area (Å²) in [6, 6.07) is 1.79. The highest BCUT2D eigenvalue weighted by Gasteiger charge is 1.96. The molecule has 0 spiro atoms. The number of aromatic nitrogens is 2. The van der Waals surface area contributed by atoms with Gasteiger partial charge in [-0.3, -0.25) is 0 Å². The lowest BCUT2D eigenvalue weighted by Crippen LogP contribution is -2.00. The van der Waals surface area contributed by atoms with Crippen molar-refractivity contribution >= 4 is 12.0 Å². The van der Waals surface area contributed by atoms with Gasteiger partial charge in [0.15, 0.2) is 0 Å². The highest BCUT2D eigenvalue weighted by molar-refractivity contribution is 5.41. The van der Waals surface area contributed by atoms with Crippen LogP contribution in [0.3, 0.4) is 0 Å². The molecule has 4 heteroatoms. The van der Waals surface area contributed by atoms with Crippen LogP contribution in [0, 0.1) is 6.92 Å². The molecule has 0 atom stereocenters. The van der Waals surface area contributed by atoms with Gasteiger partial charge in [-0.05, 0) is 13.8 Å². The number of hydrogen-bond acceptors (Lipinski definition) is 3. The van der Waals surface area contributed by atoms with Crippen LogP contribution in [0.4, 0.5) is 5.82 Å². The predicted octanol–water partition coefficient (Wildman–Crippen LogP) is 1.58. The summed E-state index contributed by atoms with van der Waals surface area (Å²) >= 11 is 0. The van der Waals surface area contributed by atoms with Crippen molar-refractivity contribution in [1.29, 1.82) is 0 Å². The van der Waals surface area contributed by atoms with Crippen LogP contribution < -0.4 is 11.5 Å². The molecule has 0 aliphatic carbocycles. The molecule has 0 amide bonds. The van der Waals surface area contributed by atoms with Crippen molar-refractivity contribution < 1.29 is 0 Å². The molecule has 4 nitrogen and oxygen atoms in total. The van der Waals surface area contributed by atoms with Gasteiger partial charge in [0, 0.05) is 18.0 Å². The van der Waals surface area contributed by atoms with Gasteiger partial charge in [0.2, 0.25) is 0 Å². The van der Waals surface area contributed by atoms with Crippen LogP contribution in [0.2, 0.25) is 0 Å². The summed E-state index contributed by atoms with van der Waals surface area (Å²) in [4.78, 5) is 0. The Morgan fingerprint density at radius 1 is 1.54 bits per heavy atom. The topological polar surface area (TPSA) is 69.9 Å². The van der Waals surface area contributed by atoms with E-state index in [0.717, 1.165) is 5.69 Å². The Balaban J connectivity index is 0.000000671. The van der Waals surface area contributed by atoms with E-state index in [0.29, 0.717) is 11.5 Å². The molecule has 74 valence electrons. The molecule has 4 N–H and O–H groups in total. The van der Waals surface area contributed by atoms with E-state index >= 15 is 0 Å². The third kappa shape index (κ3) is 3.64. The third-order valence-corrected chi connectivity index (χ3v) is 1.21. The zero-order valence-electron chi connectivity index (χ0n) is 8.70. The molecule has 1 rings (SSSR count). The minimum atomic E-state index is 0.604. The molecular weight excluding hydrogens is 164 g/mol. The maximum absolute atomic E-state index is 5.59. The number of nitrogen functional groups attached to an aromatic ring is 1. The molecule has 1 heterocycles. The predicted molar refractivity (Wildman–Crippen MR) is 56.9 cm³/mol. The molecule has 0 saturated carbocycles. The van der Waals surface area contributed by atoms with Crippen LogP contribution in [0.25, 0.3) is 6.20 Å². The fourth-order valence-electron chi connectivity index (χ4n) is 0.833. The van der Waals surface area contributed by atoms with Gasteiger partial charge in [0.25, 0.3) is 0 Å². The van der Waals surface area contributed by atoms with Crippen molar-refractivity contribution in [3.8, 4) is 0 Å². The van der Waals surface area contributed by atoms with E-state index < -0.39 is 0 Å². The highest BCUT2D eigenvalue weighted by atomic mass is 15.3. The molecule has 0 aromatic carbocycles. The second-order valence-corrected chi connectivity index (χ2v) is 2.53. The number of nitrogens with zero attached hydrogens (tertiary/aromatic N) is 2. The van der Waals surface area contributed by atoms with Crippen LogP contribution in [0.5, 0.6) is 0 Å². The van der Waals surface area contributed by atoms with Crippen LogP contribution in [0.1, 0.15) is 26.5 Å². The number of anilines is 1. The van der Waals surface area contributed by atoms with Crippen molar-refractivity contribution in [3.05, 3.63) is 17.5 Å². The average molecular weight is 182 g/mol. The lowest BCUT2D eigenvalue weighted by atomic mass is 10.5. The Kier molecular flexibility index (Phi) is 4.66. The van der Waals surface area contributed by atoms with E-state index in [2.05, 4.69) is 5.10 Å². The summed E-state index contributed by atoms with van der Waals surface area (Å²) in [5.74, 6) is 0.604. The molecule has 1 aromatic rings. The summed E-state index contributed by atoms with van der Waals surface area (Å²) in [5.41, 5.74) is 12.6. The van der Waals surface area contributed by atoms with Gasteiger partial charge in [-0.2, -0.15) is 5.10 Å². The first-order chi connectivity index (χ1) is 6.09. The van der Waals surface area contributed by atoms with E-state index in [1.807, 2.05) is 20.8 Å². The Labute approximate surface area is 79.2 Å². The fraction of sp³-hybridized carbons (Fsp3) is 0.444. The summed E-state index contributed by atoms with van der Waals surface area (Å²) in [5, 5.41) is 4.09. The summed E-state index contributed by atoms with van der Waals surface area (Å²) < 4.78 is 1.56. The number of aryl methyl sites for hydroxylation is 1. The third-order valence-electron chi connectivity index (χ3n) is 1.21. The molecular formula is C9H18N4. The zero-order valence-corrected chi connectivity index (χ0v) is 8.70. The van der Waals surface area contributed by atoms with Crippen molar-refractivity contribution in [2.24, 2.45) is 5.73 Å². The van der Waals surface area contributed by atoms with E-state index in [4.69, 9.17) is 11.5 Å². The summed E-state index contributed by atoms with van der Waals surface area (Å²) in [7, 11) is 0. The first kappa shape index (κ1) is 11.6. The molecule has 13 heavy (non-hydrogen) atoms. The molecule has 0 fully saturated rings. The van der Waals surface area contributed by atoms with Gasteiger partial charge < -0.3 is 11.5 Å². The largest absolute Gasteiger partial charge is 0.401 e. The van der Waals surface area contributed by atoms with Gasteiger partial charge >= 0.3 is 0 Å². The number of allylic oxidation sites excluding steroid dienone is 1. The van der Waals surface area contributed by atoms with Crippen molar-refractivity contribution in [2.75, 3.05) is 5.73 Å². The van der Waals surface area contributed by atoms with Crippen LogP contribution in [0.15, 0.2) is 11.8 Å². The lowest BCUT2D eigenvalue weighted by Gasteiger charge is -1.95. The van der Waals surface area contributed by atoms with Gasteiger partial charge in [-0.25, -0.2) is 4.68 Å². The Morgan fingerprint density at radius 2 is 2.08 bits per heavy atom. The standard InChI is InChI=1S/C7H12N4.C2H6/c1-5(8)4-11-7(9)3-6(2)10-11;1-2/h3-4H,8-9H2,1-2H3;1-2H3/b5-4-;. The molecule has 0 bridgehead atoms. The smallest absolute Gasteiger partial charge is 0.126 e. The van der Waals surface area contributed by atoms with Crippen LogP contribution >= 0.6 is 0 Å². The van der Waals surface area contributed by atoms with E-state index in [9.17, 15) is 0 Å². The Morgan fingerprint density at radius 3 is 2.38 bits per heavy atom. The minimum Gasteiger partial charge on any atom is -0.401 e. The monoisotopic (exact) mass is 182 g/mol. The molecule has 0 aliphatic heterocycles. The minimum absolute atomic E-state index is 0.604. The molecule has 0 aliphatic rings. The lowest BCUT2D eigenvalue weighted by molar-refractivity contribution is 0.912. The molecule has 0 unspecified atom stereocenters. The van der Waals surface area contributed by atoms with Gasteiger partial charge in [-0.15, -0.1) is 0 Å². The number of hydrogen-bond donors (Lipinski definition) is 2. The fourth-order valence-corrected chi connectivity index (χ4v) is 0.833. The second kappa shape index (κ2) is 5.24. The normalized spacial score (nSPS) is 10.6. The first-order valence-electron chi connectivity index (χ1n) is 4.35. The SMILES string of the molecule is C/C(N)=C/n1nc(C)cc1N.CC. The quantitative estimate of drug-likeness (QED) is 0.692. The summed E-state index contributed by atoms with van der Waals surface area (Å²) in [6.07, 6.45) is 1.68. The number of nitrogens with two attached hydrogens (primary N) is 2. The van der Waals surface area contributed by atoms with E-state index in [1.54, 1.807) is 23.9 Å². The average Bonchev–Trinajstić information content (AvgIpc) is 2.33. The molecule has 0 radical (unpaired) electrons. The maximum atomic E-state index is 5.59. The first-order valence-corrected chi connectivity index (χ1v) is 4.35.